The first-order valence-corrected chi connectivity index (χ1v) is 12.3. The summed E-state index contributed by atoms with van der Waals surface area (Å²) in [6, 6.07) is 7.38. The number of carbonyl (C=O) groups is 2. The standard InChI is InChI=1S/C23H26FN3O6S/c1-27(2)10-4-7-19(28)25-17-11-13(24)8-9-18(17)34(31,32)26-21-16-12-33-22-14(20(16)21)5-3-6-15(22)23(29)30/h3,5-6,8-9,11,16,20-21,26H,4,7,10,12H2,1-2H3,(H,25,28)(H,29,30). The van der Waals surface area contributed by atoms with E-state index in [2.05, 4.69) is 10.0 Å². The van der Waals surface area contributed by atoms with Gasteiger partial charge in [0, 0.05) is 29.9 Å². The number of halogens is 1. The highest BCUT2D eigenvalue weighted by Crippen LogP contribution is 2.55. The number of fused-ring (bicyclic) bond motifs is 3. The molecule has 1 fully saturated rings. The maximum atomic E-state index is 13.9. The summed E-state index contributed by atoms with van der Waals surface area (Å²) >= 11 is 0. The van der Waals surface area contributed by atoms with E-state index < -0.39 is 33.8 Å². The number of hydrogen-bond donors (Lipinski definition) is 3. The van der Waals surface area contributed by atoms with Gasteiger partial charge in [-0.05, 0) is 51.3 Å². The fourth-order valence-corrected chi connectivity index (χ4v) is 5.79. The monoisotopic (exact) mass is 491 g/mol. The third-order valence-corrected chi connectivity index (χ3v) is 7.55. The van der Waals surface area contributed by atoms with Crippen molar-refractivity contribution in [1.82, 2.24) is 9.62 Å². The van der Waals surface area contributed by atoms with Gasteiger partial charge in [-0.3, -0.25) is 4.79 Å². The molecule has 1 saturated carbocycles. The molecule has 0 aromatic heterocycles. The molecule has 3 N–H and O–H groups in total. The summed E-state index contributed by atoms with van der Waals surface area (Å²) in [5.41, 5.74) is 0.537. The maximum absolute atomic E-state index is 13.9. The molecule has 2 aliphatic rings. The largest absolute Gasteiger partial charge is 0.492 e. The van der Waals surface area contributed by atoms with Crippen LogP contribution in [0.15, 0.2) is 41.3 Å². The van der Waals surface area contributed by atoms with Crippen molar-refractivity contribution in [2.24, 2.45) is 5.92 Å². The van der Waals surface area contributed by atoms with Crippen LogP contribution in [0.4, 0.5) is 10.1 Å². The second kappa shape index (κ2) is 9.32. The SMILES string of the molecule is CN(C)CCCC(=O)Nc1cc(F)ccc1S(=O)(=O)NC1C2COc3c(C(=O)O)cccc3C21. The molecule has 11 heteroatoms. The van der Waals surface area contributed by atoms with E-state index in [1.807, 2.05) is 19.0 Å². The molecule has 1 aliphatic heterocycles. The number of amides is 1. The van der Waals surface area contributed by atoms with Crippen LogP contribution >= 0.6 is 0 Å². The van der Waals surface area contributed by atoms with Gasteiger partial charge in [0.25, 0.3) is 0 Å². The summed E-state index contributed by atoms with van der Waals surface area (Å²) in [5.74, 6) is -2.34. The van der Waals surface area contributed by atoms with Crippen molar-refractivity contribution in [1.29, 1.82) is 0 Å². The Bertz CT molecular complexity index is 1230. The van der Waals surface area contributed by atoms with Gasteiger partial charge in [-0.25, -0.2) is 22.3 Å². The Hall–Kier alpha value is -3.02. The smallest absolute Gasteiger partial charge is 0.339 e. The van der Waals surface area contributed by atoms with Crippen molar-refractivity contribution in [2.75, 3.05) is 32.6 Å². The van der Waals surface area contributed by atoms with Gasteiger partial charge in [-0.2, -0.15) is 0 Å². The third-order valence-electron chi connectivity index (χ3n) is 6.03. The summed E-state index contributed by atoms with van der Waals surface area (Å²) in [7, 11) is -0.368. The Kier molecular flexibility index (Phi) is 6.61. The topological polar surface area (TPSA) is 125 Å². The minimum Gasteiger partial charge on any atom is -0.492 e. The van der Waals surface area contributed by atoms with Gasteiger partial charge in [0.2, 0.25) is 15.9 Å². The lowest BCUT2D eigenvalue weighted by atomic mass is 10.0. The number of carbonyl (C=O) groups excluding carboxylic acids is 1. The quantitative estimate of drug-likeness (QED) is 0.491. The van der Waals surface area contributed by atoms with E-state index in [4.69, 9.17) is 4.74 Å². The number of hydrogen-bond acceptors (Lipinski definition) is 6. The normalized spacial score (nSPS) is 20.8. The van der Waals surface area contributed by atoms with Gasteiger partial charge in [-0.15, -0.1) is 0 Å². The predicted octanol–water partition coefficient (Wildman–Crippen LogP) is 2.26. The Balaban J connectivity index is 1.52. The van der Waals surface area contributed by atoms with Crippen LogP contribution in [0.1, 0.15) is 34.7 Å². The zero-order valence-electron chi connectivity index (χ0n) is 18.7. The van der Waals surface area contributed by atoms with Crippen LogP contribution in [0.2, 0.25) is 0 Å². The molecule has 0 radical (unpaired) electrons. The molecule has 1 amide bonds. The molecule has 4 rings (SSSR count). The van der Waals surface area contributed by atoms with Crippen LogP contribution in [0.3, 0.4) is 0 Å². The highest BCUT2D eigenvalue weighted by atomic mass is 32.2. The summed E-state index contributed by atoms with van der Waals surface area (Å²) in [5, 5.41) is 11.9. The molecule has 9 nitrogen and oxygen atoms in total. The lowest BCUT2D eigenvalue weighted by Gasteiger charge is -2.17. The molecule has 3 unspecified atom stereocenters. The first-order valence-electron chi connectivity index (χ1n) is 10.8. The molecule has 1 aliphatic carbocycles. The lowest BCUT2D eigenvalue weighted by molar-refractivity contribution is -0.116. The van der Waals surface area contributed by atoms with E-state index in [-0.39, 0.29) is 46.8 Å². The number of rotatable bonds is 9. The van der Waals surface area contributed by atoms with E-state index in [1.165, 1.54) is 6.07 Å². The number of nitrogens with one attached hydrogen (secondary N) is 2. The number of sulfonamides is 1. The number of carboxylic acid groups (broad SMARTS) is 1. The van der Waals surface area contributed by atoms with Crippen molar-refractivity contribution in [3.8, 4) is 5.75 Å². The molecule has 0 spiro atoms. The number of aromatic carboxylic acids is 1. The fourth-order valence-electron chi connectivity index (χ4n) is 4.34. The highest BCUT2D eigenvalue weighted by molar-refractivity contribution is 7.89. The second-order valence-electron chi connectivity index (χ2n) is 8.77. The van der Waals surface area contributed by atoms with Crippen LogP contribution < -0.4 is 14.8 Å². The van der Waals surface area contributed by atoms with E-state index in [0.717, 1.165) is 18.2 Å². The van der Waals surface area contributed by atoms with Gasteiger partial charge in [0.1, 0.15) is 22.0 Å². The van der Waals surface area contributed by atoms with Crippen LogP contribution in [-0.2, 0) is 14.8 Å². The average molecular weight is 492 g/mol. The number of para-hydroxylation sites is 1. The molecule has 182 valence electrons. The first kappa shape index (κ1) is 24.1. The van der Waals surface area contributed by atoms with Gasteiger partial charge in [-0.1, -0.05) is 12.1 Å². The molecule has 0 bridgehead atoms. The molecule has 1 heterocycles. The van der Waals surface area contributed by atoms with Gasteiger partial charge in [0.15, 0.2) is 0 Å². The molecule has 3 atom stereocenters. The predicted molar refractivity (Wildman–Crippen MR) is 122 cm³/mol. The maximum Gasteiger partial charge on any atom is 0.339 e. The van der Waals surface area contributed by atoms with E-state index in [1.54, 1.807) is 12.1 Å². The average Bonchev–Trinajstić information content (AvgIpc) is 3.45. The molecule has 2 aromatic rings. The second-order valence-corrected chi connectivity index (χ2v) is 10.5. The Labute approximate surface area is 197 Å². The van der Waals surface area contributed by atoms with E-state index >= 15 is 0 Å². The zero-order valence-corrected chi connectivity index (χ0v) is 19.6. The Morgan fingerprint density at radius 2 is 2.00 bits per heavy atom. The number of benzene rings is 2. The van der Waals surface area contributed by atoms with Crippen molar-refractivity contribution in [2.45, 2.75) is 29.7 Å². The van der Waals surface area contributed by atoms with Crippen LogP contribution in [0.5, 0.6) is 5.75 Å². The lowest BCUT2D eigenvalue weighted by Crippen LogP contribution is -2.29. The Morgan fingerprint density at radius 1 is 1.24 bits per heavy atom. The molecular formula is C23H26FN3O6S. The summed E-state index contributed by atoms with van der Waals surface area (Å²) in [6.45, 7) is 0.856. The van der Waals surface area contributed by atoms with Crippen molar-refractivity contribution in [3.05, 3.63) is 53.3 Å². The molecule has 34 heavy (non-hydrogen) atoms. The fraction of sp³-hybridized carbons (Fsp3) is 0.391. The van der Waals surface area contributed by atoms with E-state index in [9.17, 15) is 27.5 Å². The van der Waals surface area contributed by atoms with Gasteiger partial charge < -0.3 is 20.1 Å². The number of anilines is 1. The van der Waals surface area contributed by atoms with Crippen molar-refractivity contribution < 1.29 is 32.2 Å². The zero-order chi connectivity index (χ0) is 24.6. The van der Waals surface area contributed by atoms with E-state index in [0.29, 0.717) is 18.5 Å². The Morgan fingerprint density at radius 3 is 2.71 bits per heavy atom. The molecule has 0 saturated heterocycles. The van der Waals surface area contributed by atoms with Gasteiger partial charge in [0.05, 0.1) is 12.3 Å². The third kappa shape index (κ3) is 4.91. The first-order chi connectivity index (χ1) is 16.1. The summed E-state index contributed by atoms with van der Waals surface area (Å²) in [4.78, 5) is 25.5. The minimum absolute atomic E-state index is 0.0299. The highest BCUT2D eigenvalue weighted by Gasteiger charge is 2.57. The molecular weight excluding hydrogens is 465 g/mol. The summed E-state index contributed by atoms with van der Waals surface area (Å²) in [6.07, 6.45) is 0.728. The summed E-state index contributed by atoms with van der Waals surface area (Å²) < 4.78 is 48.6. The van der Waals surface area contributed by atoms with Crippen LogP contribution in [0.25, 0.3) is 0 Å². The number of ether oxygens (including phenoxy) is 1. The van der Waals surface area contributed by atoms with Crippen LogP contribution in [-0.4, -0.2) is 63.6 Å². The number of nitrogens with zero attached hydrogens (tertiary/aromatic N) is 1. The minimum atomic E-state index is -4.12. The van der Waals surface area contributed by atoms with Gasteiger partial charge >= 0.3 is 5.97 Å². The van der Waals surface area contributed by atoms with Crippen LogP contribution in [0, 0.1) is 11.7 Å². The van der Waals surface area contributed by atoms with Crippen molar-refractivity contribution in [3.63, 3.8) is 0 Å². The van der Waals surface area contributed by atoms with Crippen molar-refractivity contribution >= 4 is 27.6 Å². The molecule has 2 aromatic carbocycles. The number of carboxylic acids is 1.